The smallest absolute Gasteiger partial charge is 0.193 e. The van der Waals surface area contributed by atoms with Crippen LogP contribution in [-0.4, -0.2) is 12.7 Å². The molecule has 1 aliphatic heterocycles. The second-order valence-electron chi connectivity index (χ2n) is 3.81. The van der Waals surface area contributed by atoms with Crippen LogP contribution in [0.3, 0.4) is 0 Å². The van der Waals surface area contributed by atoms with Crippen LogP contribution in [0.25, 0.3) is 0 Å². The molecule has 1 aromatic carbocycles. The van der Waals surface area contributed by atoms with Gasteiger partial charge >= 0.3 is 0 Å². The molecule has 1 fully saturated rings. The lowest BCUT2D eigenvalue weighted by Crippen LogP contribution is -2.23. The molecule has 0 radical (unpaired) electrons. The van der Waals surface area contributed by atoms with Gasteiger partial charge in [-0.1, -0.05) is 29.3 Å². The van der Waals surface area contributed by atoms with Crippen LogP contribution < -0.4 is 0 Å². The summed E-state index contributed by atoms with van der Waals surface area (Å²) < 4.78 is 11.3. The van der Waals surface area contributed by atoms with E-state index in [-0.39, 0.29) is 6.10 Å². The van der Waals surface area contributed by atoms with Crippen LogP contribution in [0.15, 0.2) is 18.2 Å². The zero-order valence-electron chi connectivity index (χ0n) is 8.59. The monoisotopic (exact) mass is 246 g/mol. The lowest BCUT2D eigenvalue weighted by Gasteiger charge is -2.24. The van der Waals surface area contributed by atoms with Gasteiger partial charge in [0.1, 0.15) is 0 Å². The molecule has 1 aliphatic rings. The van der Waals surface area contributed by atoms with Crippen molar-refractivity contribution < 1.29 is 9.47 Å². The molecule has 0 aromatic heterocycles. The quantitative estimate of drug-likeness (QED) is 0.754. The Hall–Kier alpha value is -0.280. The Labute approximate surface area is 99.1 Å². The minimum atomic E-state index is -0.749. The van der Waals surface area contributed by atoms with Crippen LogP contribution in [0.1, 0.15) is 19.4 Å². The van der Waals surface area contributed by atoms with Gasteiger partial charge in [0.25, 0.3) is 0 Å². The molecule has 1 saturated heterocycles. The van der Waals surface area contributed by atoms with E-state index in [1.54, 1.807) is 12.1 Å². The maximum Gasteiger partial charge on any atom is 0.193 e. The van der Waals surface area contributed by atoms with Crippen LogP contribution in [0.2, 0.25) is 10.0 Å². The lowest BCUT2D eigenvalue weighted by atomic mass is 10.1. The second-order valence-corrected chi connectivity index (χ2v) is 4.65. The molecule has 0 aliphatic carbocycles. The van der Waals surface area contributed by atoms with Crippen molar-refractivity contribution in [2.24, 2.45) is 0 Å². The van der Waals surface area contributed by atoms with E-state index in [2.05, 4.69) is 0 Å². The molecule has 0 bridgehead atoms. The molecule has 1 heterocycles. The first kappa shape index (κ1) is 11.2. The molecule has 2 nitrogen and oxygen atoms in total. The van der Waals surface area contributed by atoms with E-state index in [9.17, 15) is 0 Å². The Bertz CT molecular complexity index is 381. The molecular formula is C11H12Cl2O2. The zero-order valence-corrected chi connectivity index (χ0v) is 10.1. The number of ether oxygens (including phenoxy) is 2. The predicted octanol–water partition coefficient (Wildman–Crippen LogP) is 3.60. The number of halogens is 2. The van der Waals surface area contributed by atoms with Gasteiger partial charge < -0.3 is 9.47 Å². The Morgan fingerprint density at radius 1 is 1.40 bits per heavy atom. The van der Waals surface area contributed by atoms with Gasteiger partial charge in [-0.3, -0.25) is 0 Å². The van der Waals surface area contributed by atoms with E-state index in [4.69, 9.17) is 32.7 Å². The van der Waals surface area contributed by atoms with Gasteiger partial charge in [-0.05, 0) is 26.0 Å². The summed E-state index contributed by atoms with van der Waals surface area (Å²) in [6.45, 7) is 4.41. The molecule has 15 heavy (non-hydrogen) atoms. The molecule has 2 rings (SSSR count). The van der Waals surface area contributed by atoms with Crippen molar-refractivity contribution in [3.05, 3.63) is 33.8 Å². The SMILES string of the molecule is C[C@H]1CO[C@](C)(c2ccc(Cl)cc2Cl)O1. The van der Waals surface area contributed by atoms with Crippen molar-refractivity contribution in [3.8, 4) is 0 Å². The third kappa shape index (κ3) is 2.13. The fourth-order valence-electron chi connectivity index (χ4n) is 1.73. The van der Waals surface area contributed by atoms with Gasteiger partial charge in [-0.15, -0.1) is 0 Å². The molecule has 1 aromatic rings. The van der Waals surface area contributed by atoms with Gasteiger partial charge in [0.05, 0.1) is 17.7 Å². The van der Waals surface area contributed by atoms with Gasteiger partial charge in [0, 0.05) is 10.6 Å². The maximum absolute atomic E-state index is 6.10. The molecule has 2 atom stereocenters. The topological polar surface area (TPSA) is 18.5 Å². The third-order valence-corrected chi connectivity index (χ3v) is 2.99. The van der Waals surface area contributed by atoms with Crippen molar-refractivity contribution in [1.29, 1.82) is 0 Å². The molecule has 0 spiro atoms. The minimum absolute atomic E-state index is 0.0849. The van der Waals surface area contributed by atoms with Crippen LogP contribution in [-0.2, 0) is 15.3 Å². The molecule has 82 valence electrons. The number of rotatable bonds is 1. The van der Waals surface area contributed by atoms with Crippen LogP contribution in [0.5, 0.6) is 0 Å². The minimum Gasteiger partial charge on any atom is -0.343 e. The molecular weight excluding hydrogens is 235 g/mol. The summed E-state index contributed by atoms with van der Waals surface area (Å²) in [6, 6.07) is 5.31. The molecule has 0 unspecified atom stereocenters. The van der Waals surface area contributed by atoms with E-state index in [1.165, 1.54) is 0 Å². The zero-order chi connectivity index (χ0) is 11.1. The Kier molecular flexibility index (Phi) is 2.95. The Morgan fingerprint density at radius 2 is 2.13 bits per heavy atom. The van der Waals surface area contributed by atoms with Gasteiger partial charge in [-0.2, -0.15) is 0 Å². The van der Waals surface area contributed by atoms with Crippen molar-refractivity contribution >= 4 is 23.2 Å². The highest BCUT2D eigenvalue weighted by molar-refractivity contribution is 6.35. The Morgan fingerprint density at radius 3 is 2.67 bits per heavy atom. The van der Waals surface area contributed by atoms with E-state index in [0.717, 1.165) is 5.56 Å². The number of hydrogen-bond acceptors (Lipinski definition) is 2. The average molecular weight is 247 g/mol. The standard InChI is InChI=1S/C11H12Cl2O2/c1-7-6-14-11(2,15-7)9-4-3-8(12)5-10(9)13/h3-5,7H,6H2,1-2H3/t7-,11-/m0/s1. The van der Waals surface area contributed by atoms with Crippen molar-refractivity contribution in [3.63, 3.8) is 0 Å². The van der Waals surface area contributed by atoms with E-state index < -0.39 is 5.79 Å². The summed E-state index contributed by atoms with van der Waals surface area (Å²) >= 11 is 11.9. The third-order valence-electron chi connectivity index (χ3n) is 2.44. The summed E-state index contributed by atoms with van der Waals surface area (Å²) in [4.78, 5) is 0. The van der Waals surface area contributed by atoms with E-state index >= 15 is 0 Å². The maximum atomic E-state index is 6.10. The highest BCUT2D eigenvalue weighted by Crippen LogP contribution is 2.38. The highest BCUT2D eigenvalue weighted by Gasteiger charge is 2.38. The van der Waals surface area contributed by atoms with Gasteiger partial charge in [-0.25, -0.2) is 0 Å². The average Bonchev–Trinajstić information content (AvgIpc) is 2.46. The lowest BCUT2D eigenvalue weighted by molar-refractivity contribution is -0.159. The predicted molar refractivity (Wildman–Crippen MR) is 60.3 cm³/mol. The molecule has 0 amide bonds. The number of benzene rings is 1. The molecule has 0 saturated carbocycles. The largest absolute Gasteiger partial charge is 0.343 e. The summed E-state index contributed by atoms with van der Waals surface area (Å²) in [5, 5.41) is 1.18. The summed E-state index contributed by atoms with van der Waals surface area (Å²) in [5.41, 5.74) is 0.818. The molecule has 4 heteroatoms. The summed E-state index contributed by atoms with van der Waals surface area (Å²) in [5.74, 6) is -0.749. The second kappa shape index (κ2) is 3.95. The molecule has 0 N–H and O–H groups in total. The van der Waals surface area contributed by atoms with Gasteiger partial charge in [0.2, 0.25) is 0 Å². The van der Waals surface area contributed by atoms with Crippen molar-refractivity contribution in [1.82, 2.24) is 0 Å². The van der Waals surface area contributed by atoms with Crippen LogP contribution in [0.4, 0.5) is 0 Å². The van der Waals surface area contributed by atoms with Crippen molar-refractivity contribution in [2.45, 2.75) is 25.7 Å². The van der Waals surface area contributed by atoms with Crippen molar-refractivity contribution in [2.75, 3.05) is 6.61 Å². The summed E-state index contributed by atoms with van der Waals surface area (Å²) in [7, 11) is 0. The normalized spacial score (nSPS) is 30.8. The fraction of sp³-hybridized carbons (Fsp3) is 0.455. The van der Waals surface area contributed by atoms with E-state index in [0.29, 0.717) is 16.7 Å². The van der Waals surface area contributed by atoms with Crippen LogP contribution >= 0.6 is 23.2 Å². The van der Waals surface area contributed by atoms with Crippen LogP contribution in [0, 0.1) is 0 Å². The first-order valence-electron chi connectivity index (χ1n) is 4.78. The highest BCUT2D eigenvalue weighted by atomic mass is 35.5. The summed E-state index contributed by atoms with van der Waals surface area (Å²) in [6.07, 6.45) is 0.0849. The Balaban J connectivity index is 2.37. The van der Waals surface area contributed by atoms with E-state index in [1.807, 2.05) is 19.9 Å². The number of hydrogen-bond donors (Lipinski definition) is 0. The fourth-order valence-corrected chi connectivity index (χ4v) is 2.31. The van der Waals surface area contributed by atoms with Gasteiger partial charge in [0.15, 0.2) is 5.79 Å². The first-order valence-corrected chi connectivity index (χ1v) is 5.54. The first-order chi connectivity index (χ1) is 7.01.